The van der Waals surface area contributed by atoms with Gasteiger partial charge in [-0.05, 0) is 5.56 Å². The van der Waals surface area contributed by atoms with E-state index in [0.717, 1.165) is 16.5 Å². The predicted molar refractivity (Wildman–Crippen MR) is 72.0 cm³/mol. The SMILES string of the molecule is Cn1cc2cccc(CNC(=O)C(C)(C)C)c2n1. The van der Waals surface area contributed by atoms with Crippen molar-refractivity contribution in [1.82, 2.24) is 15.1 Å². The number of hydrogen-bond donors (Lipinski definition) is 1. The van der Waals surface area contributed by atoms with E-state index >= 15 is 0 Å². The molecule has 1 aromatic heterocycles. The first-order valence-corrected chi connectivity index (χ1v) is 6.07. The van der Waals surface area contributed by atoms with E-state index in [1.54, 1.807) is 4.68 Å². The van der Waals surface area contributed by atoms with Gasteiger partial charge >= 0.3 is 0 Å². The molecule has 0 aliphatic rings. The van der Waals surface area contributed by atoms with Crippen LogP contribution in [0.5, 0.6) is 0 Å². The van der Waals surface area contributed by atoms with E-state index in [2.05, 4.69) is 10.4 Å². The number of aromatic nitrogens is 2. The first-order chi connectivity index (χ1) is 8.38. The van der Waals surface area contributed by atoms with Crippen molar-refractivity contribution < 1.29 is 4.79 Å². The Morgan fingerprint density at radius 2 is 2.11 bits per heavy atom. The molecule has 2 rings (SSSR count). The van der Waals surface area contributed by atoms with Crippen LogP contribution in [0, 0.1) is 5.41 Å². The highest BCUT2D eigenvalue weighted by atomic mass is 16.2. The molecule has 0 radical (unpaired) electrons. The number of carbonyl (C=O) groups is 1. The van der Waals surface area contributed by atoms with E-state index in [1.165, 1.54) is 0 Å². The highest BCUT2D eigenvalue weighted by Crippen LogP contribution is 2.17. The topological polar surface area (TPSA) is 46.9 Å². The summed E-state index contributed by atoms with van der Waals surface area (Å²) in [4.78, 5) is 11.8. The van der Waals surface area contributed by atoms with Gasteiger partial charge in [-0.15, -0.1) is 0 Å². The number of carbonyl (C=O) groups excluding carboxylic acids is 1. The average Bonchev–Trinajstić information content (AvgIpc) is 2.65. The monoisotopic (exact) mass is 245 g/mol. The van der Waals surface area contributed by atoms with Gasteiger partial charge < -0.3 is 5.32 Å². The van der Waals surface area contributed by atoms with E-state index in [9.17, 15) is 4.79 Å². The first-order valence-electron chi connectivity index (χ1n) is 6.07. The van der Waals surface area contributed by atoms with Gasteiger partial charge in [-0.25, -0.2) is 0 Å². The van der Waals surface area contributed by atoms with Gasteiger partial charge in [0.1, 0.15) is 0 Å². The summed E-state index contributed by atoms with van der Waals surface area (Å²) < 4.78 is 1.79. The number of amides is 1. The third kappa shape index (κ3) is 2.53. The Labute approximate surface area is 107 Å². The molecule has 4 heteroatoms. The molecule has 0 atom stereocenters. The molecule has 1 aromatic carbocycles. The molecule has 96 valence electrons. The molecule has 18 heavy (non-hydrogen) atoms. The average molecular weight is 245 g/mol. The van der Waals surface area contributed by atoms with E-state index < -0.39 is 0 Å². The normalized spacial score (nSPS) is 11.8. The Morgan fingerprint density at radius 1 is 1.39 bits per heavy atom. The molecular formula is C14H19N3O. The van der Waals surface area contributed by atoms with E-state index in [1.807, 2.05) is 52.2 Å². The Kier molecular flexibility index (Phi) is 3.11. The summed E-state index contributed by atoms with van der Waals surface area (Å²) >= 11 is 0. The van der Waals surface area contributed by atoms with E-state index in [-0.39, 0.29) is 11.3 Å². The molecule has 0 saturated heterocycles. The molecule has 0 aliphatic carbocycles. The fraction of sp³-hybridized carbons (Fsp3) is 0.429. The van der Waals surface area contributed by atoms with Crippen molar-refractivity contribution in [2.75, 3.05) is 0 Å². The van der Waals surface area contributed by atoms with Gasteiger partial charge in [0.2, 0.25) is 5.91 Å². The van der Waals surface area contributed by atoms with E-state index in [0.29, 0.717) is 6.54 Å². The fourth-order valence-electron chi connectivity index (χ4n) is 1.81. The maximum absolute atomic E-state index is 11.8. The summed E-state index contributed by atoms with van der Waals surface area (Å²) in [5, 5.41) is 8.47. The molecule has 0 unspecified atom stereocenters. The Balaban J connectivity index is 2.20. The van der Waals surface area contributed by atoms with Gasteiger partial charge in [0.05, 0.1) is 5.52 Å². The number of benzene rings is 1. The van der Waals surface area contributed by atoms with Gasteiger partial charge in [0.25, 0.3) is 0 Å². The van der Waals surface area contributed by atoms with Crippen molar-refractivity contribution in [3.8, 4) is 0 Å². The second-order valence-electron chi connectivity index (χ2n) is 5.59. The van der Waals surface area contributed by atoms with Crippen molar-refractivity contribution >= 4 is 16.8 Å². The van der Waals surface area contributed by atoms with Gasteiger partial charge in [-0.2, -0.15) is 5.10 Å². The summed E-state index contributed by atoms with van der Waals surface area (Å²) in [6.07, 6.45) is 1.98. The summed E-state index contributed by atoms with van der Waals surface area (Å²) in [5.41, 5.74) is 1.64. The smallest absolute Gasteiger partial charge is 0.225 e. The highest BCUT2D eigenvalue weighted by molar-refractivity contribution is 5.84. The first kappa shape index (κ1) is 12.6. The summed E-state index contributed by atoms with van der Waals surface area (Å²) in [6, 6.07) is 6.01. The second kappa shape index (κ2) is 4.44. The van der Waals surface area contributed by atoms with Crippen LogP contribution >= 0.6 is 0 Å². The summed E-state index contributed by atoms with van der Waals surface area (Å²) in [6.45, 7) is 6.24. The molecule has 0 spiro atoms. The lowest BCUT2D eigenvalue weighted by molar-refractivity contribution is -0.128. The number of nitrogens with zero attached hydrogens (tertiary/aromatic N) is 2. The zero-order valence-electron chi connectivity index (χ0n) is 11.3. The van der Waals surface area contributed by atoms with Crippen LogP contribution in [0.4, 0.5) is 0 Å². The maximum Gasteiger partial charge on any atom is 0.225 e. The maximum atomic E-state index is 11.8. The Bertz CT molecular complexity index is 578. The number of rotatable bonds is 2. The number of hydrogen-bond acceptors (Lipinski definition) is 2. The highest BCUT2D eigenvalue weighted by Gasteiger charge is 2.20. The molecule has 0 saturated carbocycles. The number of fused-ring (bicyclic) bond motifs is 1. The molecule has 1 heterocycles. The molecule has 4 nitrogen and oxygen atoms in total. The molecular weight excluding hydrogens is 226 g/mol. The summed E-state index contributed by atoms with van der Waals surface area (Å²) in [7, 11) is 1.90. The minimum Gasteiger partial charge on any atom is -0.351 e. The minimum atomic E-state index is -0.363. The fourth-order valence-corrected chi connectivity index (χ4v) is 1.81. The van der Waals surface area contributed by atoms with Crippen molar-refractivity contribution in [2.24, 2.45) is 12.5 Å². The van der Waals surface area contributed by atoms with Crippen LogP contribution in [-0.2, 0) is 18.4 Å². The van der Waals surface area contributed by atoms with Crippen molar-refractivity contribution in [1.29, 1.82) is 0 Å². The van der Waals surface area contributed by atoms with Crippen LogP contribution in [0.2, 0.25) is 0 Å². The lowest BCUT2D eigenvalue weighted by Crippen LogP contribution is -2.34. The minimum absolute atomic E-state index is 0.0513. The zero-order valence-corrected chi connectivity index (χ0v) is 11.3. The molecule has 1 amide bonds. The lowest BCUT2D eigenvalue weighted by atomic mass is 9.95. The molecule has 0 bridgehead atoms. The predicted octanol–water partition coefficient (Wildman–Crippen LogP) is 2.24. The van der Waals surface area contributed by atoms with Crippen LogP contribution < -0.4 is 5.32 Å². The second-order valence-corrected chi connectivity index (χ2v) is 5.59. The van der Waals surface area contributed by atoms with Gasteiger partial charge in [-0.1, -0.05) is 39.0 Å². The van der Waals surface area contributed by atoms with Gasteiger partial charge in [0, 0.05) is 30.6 Å². The Morgan fingerprint density at radius 3 is 2.78 bits per heavy atom. The van der Waals surface area contributed by atoms with Gasteiger partial charge in [0.15, 0.2) is 0 Å². The van der Waals surface area contributed by atoms with Crippen LogP contribution in [0.25, 0.3) is 10.9 Å². The van der Waals surface area contributed by atoms with Crippen molar-refractivity contribution in [2.45, 2.75) is 27.3 Å². The van der Waals surface area contributed by atoms with Crippen LogP contribution in [0.3, 0.4) is 0 Å². The molecule has 1 N–H and O–H groups in total. The molecule has 0 aliphatic heterocycles. The molecule has 2 aromatic rings. The molecule has 0 fully saturated rings. The third-order valence-corrected chi connectivity index (χ3v) is 2.86. The van der Waals surface area contributed by atoms with E-state index in [4.69, 9.17) is 0 Å². The standard InChI is InChI=1S/C14H19N3O/c1-14(2,3)13(18)15-8-10-6-5-7-11-9-17(4)16-12(10)11/h5-7,9H,8H2,1-4H3,(H,15,18). The number of nitrogens with one attached hydrogen (secondary N) is 1. The Hall–Kier alpha value is -1.84. The van der Waals surface area contributed by atoms with Crippen molar-refractivity contribution in [3.63, 3.8) is 0 Å². The van der Waals surface area contributed by atoms with Gasteiger partial charge in [-0.3, -0.25) is 9.48 Å². The quantitative estimate of drug-likeness (QED) is 0.882. The van der Waals surface area contributed by atoms with Crippen LogP contribution in [-0.4, -0.2) is 15.7 Å². The summed E-state index contributed by atoms with van der Waals surface area (Å²) in [5.74, 6) is 0.0513. The third-order valence-electron chi connectivity index (χ3n) is 2.86. The zero-order chi connectivity index (χ0) is 13.3. The largest absolute Gasteiger partial charge is 0.351 e. The number of aryl methyl sites for hydroxylation is 1. The van der Waals surface area contributed by atoms with Crippen molar-refractivity contribution in [3.05, 3.63) is 30.0 Å². The van der Waals surface area contributed by atoms with Crippen LogP contribution in [0.1, 0.15) is 26.3 Å². The van der Waals surface area contributed by atoms with Crippen LogP contribution in [0.15, 0.2) is 24.4 Å². The lowest BCUT2D eigenvalue weighted by Gasteiger charge is -2.17.